The molecule has 0 atom stereocenters. The van der Waals surface area contributed by atoms with Gasteiger partial charge in [-0.15, -0.1) is 0 Å². The van der Waals surface area contributed by atoms with Crippen molar-refractivity contribution >= 4 is 17.2 Å². The predicted molar refractivity (Wildman–Crippen MR) is 97.5 cm³/mol. The van der Waals surface area contributed by atoms with Crippen LogP contribution in [-0.4, -0.2) is 20.5 Å². The van der Waals surface area contributed by atoms with Gasteiger partial charge >= 0.3 is 0 Å². The van der Waals surface area contributed by atoms with Gasteiger partial charge in [0.15, 0.2) is 11.3 Å². The molecule has 0 unspecified atom stereocenters. The summed E-state index contributed by atoms with van der Waals surface area (Å²) in [5.74, 6) is -0.788. The maximum Gasteiger partial charge on any atom is 0.276 e. The first-order chi connectivity index (χ1) is 12.6. The minimum atomic E-state index is -0.419. The molecule has 0 spiro atoms. The van der Waals surface area contributed by atoms with Crippen molar-refractivity contribution < 1.29 is 9.18 Å². The van der Waals surface area contributed by atoms with Gasteiger partial charge < -0.3 is 5.32 Å². The van der Waals surface area contributed by atoms with E-state index in [-0.39, 0.29) is 11.5 Å². The van der Waals surface area contributed by atoms with Gasteiger partial charge in [0.05, 0.1) is 5.69 Å². The zero-order chi connectivity index (χ0) is 18.1. The molecule has 1 amide bonds. The molecule has 0 radical (unpaired) electrons. The van der Waals surface area contributed by atoms with E-state index in [0.717, 1.165) is 11.3 Å². The molecule has 0 fully saturated rings. The van der Waals surface area contributed by atoms with Crippen LogP contribution in [0.2, 0.25) is 0 Å². The lowest BCUT2D eigenvalue weighted by Gasteiger charge is -2.05. The number of rotatable bonds is 3. The van der Waals surface area contributed by atoms with Crippen LogP contribution >= 0.6 is 0 Å². The summed E-state index contributed by atoms with van der Waals surface area (Å²) in [6.07, 6.45) is 1.68. The Morgan fingerprint density at radius 2 is 1.88 bits per heavy atom. The molecule has 0 aliphatic rings. The zero-order valence-electron chi connectivity index (χ0n) is 14.0. The van der Waals surface area contributed by atoms with E-state index >= 15 is 0 Å². The summed E-state index contributed by atoms with van der Waals surface area (Å²) in [6, 6.07) is 17.7. The molecule has 4 rings (SSSR count). The number of aromatic nitrogens is 3. The number of benzene rings is 2. The number of aryl methyl sites for hydroxylation is 1. The molecule has 128 valence electrons. The molecule has 0 aliphatic heterocycles. The highest BCUT2D eigenvalue weighted by Gasteiger charge is 2.14. The van der Waals surface area contributed by atoms with E-state index in [2.05, 4.69) is 15.4 Å². The lowest BCUT2D eigenvalue weighted by Crippen LogP contribution is -2.13. The van der Waals surface area contributed by atoms with E-state index in [1.54, 1.807) is 35.8 Å². The highest BCUT2D eigenvalue weighted by Crippen LogP contribution is 2.20. The smallest absolute Gasteiger partial charge is 0.276 e. The van der Waals surface area contributed by atoms with Gasteiger partial charge in [-0.05, 0) is 30.7 Å². The topological polar surface area (TPSA) is 59.3 Å². The number of halogens is 1. The molecule has 2 heterocycles. The molecule has 2 aromatic carbocycles. The van der Waals surface area contributed by atoms with Gasteiger partial charge in [0.1, 0.15) is 5.82 Å². The number of carbonyl (C=O) groups is 1. The molecule has 4 aromatic rings. The summed E-state index contributed by atoms with van der Waals surface area (Å²) in [7, 11) is 0. The maximum absolute atomic E-state index is 13.7. The first kappa shape index (κ1) is 16.0. The van der Waals surface area contributed by atoms with Crippen LogP contribution < -0.4 is 5.32 Å². The molecule has 0 bridgehead atoms. The summed E-state index contributed by atoms with van der Waals surface area (Å²) in [5.41, 5.74) is 3.47. The van der Waals surface area contributed by atoms with Gasteiger partial charge in [0, 0.05) is 23.5 Å². The van der Waals surface area contributed by atoms with Crippen molar-refractivity contribution in [1.82, 2.24) is 14.6 Å². The van der Waals surface area contributed by atoms with Crippen molar-refractivity contribution in [3.05, 3.63) is 83.9 Å². The van der Waals surface area contributed by atoms with Crippen molar-refractivity contribution in [3.8, 4) is 11.3 Å². The predicted octanol–water partition coefficient (Wildman–Crippen LogP) is 4.10. The summed E-state index contributed by atoms with van der Waals surface area (Å²) >= 11 is 0. The number of fused-ring (bicyclic) bond motifs is 1. The van der Waals surface area contributed by atoms with Crippen LogP contribution in [0.25, 0.3) is 16.9 Å². The third kappa shape index (κ3) is 2.93. The highest BCUT2D eigenvalue weighted by atomic mass is 19.1. The summed E-state index contributed by atoms with van der Waals surface area (Å²) in [4.78, 5) is 16.8. The summed E-state index contributed by atoms with van der Waals surface area (Å²) < 4.78 is 15.3. The Morgan fingerprint density at radius 3 is 2.65 bits per heavy atom. The average molecular weight is 346 g/mol. The third-order valence-corrected chi connectivity index (χ3v) is 4.09. The van der Waals surface area contributed by atoms with Gasteiger partial charge in [-0.25, -0.2) is 13.9 Å². The normalized spacial score (nSPS) is 10.8. The number of nitrogens with zero attached hydrogens (tertiary/aromatic N) is 3. The molecular formula is C20H15FN4O. The maximum atomic E-state index is 13.7. The minimum absolute atomic E-state index is 0.210. The zero-order valence-corrected chi connectivity index (χ0v) is 14.0. The Labute approximate surface area is 149 Å². The second kappa shape index (κ2) is 6.40. The number of hydrogen-bond acceptors (Lipinski definition) is 3. The van der Waals surface area contributed by atoms with Crippen LogP contribution in [-0.2, 0) is 0 Å². The van der Waals surface area contributed by atoms with Crippen LogP contribution in [0, 0.1) is 12.7 Å². The van der Waals surface area contributed by atoms with Gasteiger partial charge in [0.25, 0.3) is 5.91 Å². The molecule has 0 saturated carbocycles. The monoisotopic (exact) mass is 346 g/mol. The third-order valence-electron chi connectivity index (χ3n) is 4.09. The Kier molecular flexibility index (Phi) is 3.93. The first-order valence-corrected chi connectivity index (χ1v) is 8.09. The van der Waals surface area contributed by atoms with E-state index in [0.29, 0.717) is 16.9 Å². The van der Waals surface area contributed by atoms with E-state index < -0.39 is 5.91 Å². The molecule has 5 nitrogen and oxygen atoms in total. The lowest BCUT2D eigenvalue weighted by molar-refractivity contribution is 0.102. The number of anilines is 1. The summed E-state index contributed by atoms with van der Waals surface area (Å²) in [5, 5.41) is 7.04. The number of nitrogens with one attached hydrogen (secondary N) is 1. The van der Waals surface area contributed by atoms with Crippen LogP contribution in [0.1, 0.15) is 16.1 Å². The van der Waals surface area contributed by atoms with Gasteiger partial charge in [-0.3, -0.25) is 4.79 Å². The second-order valence-electron chi connectivity index (χ2n) is 5.91. The highest BCUT2D eigenvalue weighted by molar-refractivity contribution is 6.03. The quantitative estimate of drug-likeness (QED) is 0.608. The molecule has 1 N–H and O–H groups in total. The van der Waals surface area contributed by atoms with Crippen molar-refractivity contribution in [1.29, 1.82) is 0 Å². The first-order valence-electron chi connectivity index (χ1n) is 8.09. The van der Waals surface area contributed by atoms with E-state index in [1.807, 2.05) is 36.4 Å². The Morgan fingerprint density at radius 1 is 1.08 bits per heavy atom. The van der Waals surface area contributed by atoms with Crippen LogP contribution in [0.5, 0.6) is 0 Å². The molecule has 2 aromatic heterocycles. The Balaban J connectivity index is 1.69. The van der Waals surface area contributed by atoms with Crippen molar-refractivity contribution in [3.63, 3.8) is 0 Å². The fourth-order valence-electron chi connectivity index (χ4n) is 2.70. The fourth-order valence-corrected chi connectivity index (χ4v) is 2.70. The van der Waals surface area contributed by atoms with Crippen LogP contribution in [0.3, 0.4) is 0 Å². The second-order valence-corrected chi connectivity index (χ2v) is 5.91. The molecule has 0 saturated heterocycles. The number of carbonyl (C=O) groups excluding carboxylic acids is 1. The number of amides is 1. The SMILES string of the molecule is Cc1ccc(NC(=O)c2cc3nccc(-c4ccccc4)n3n2)cc1F. The van der Waals surface area contributed by atoms with Crippen LogP contribution in [0.4, 0.5) is 10.1 Å². The minimum Gasteiger partial charge on any atom is -0.320 e. The largest absolute Gasteiger partial charge is 0.320 e. The van der Waals surface area contributed by atoms with E-state index in [1.165, 1.54) is 6.07 Å². The number of hydrogen-bond donors (Lipinski definition) is 1. The van der Waals surface area contributed by atoms with Crippen LogP contribution in [0.15, 0.2) is 66.9 Å². The van der Waals surface area contributed by atoms with Gasteiger partial charge in [-0.1, -0.05) is 36.4 Å². The van der Waals surface area contributed by atoms with Crippen molar-refractivity contribution in [2.24, 2.45) is 0 Å². The van der Waals surface area contributed by atoms with Gasteiger partial charge in [0.2, 0.25) is 0 Å². The lowest BCUT2D eigenvalue weighted by atomic mass is 10.1. The van der Waals surface area contributed by atoms with Crippen molar-refractivity contribution in [2.75, 3.05) is 5.32 Å². The molecule has 6 heteroatoms. The standard InChI is InChI=1S/C20H15FN4O/c1-13-7-8-15(11-16(13)21)23-20(26)17-12-19-22-10-9-18(25(19)24-17)14-5-3-2-4-6-14/h2-12H,1H3,(H,23,26). The molecular weight excluding hydrogens is 331 g/mol. The van der Waals surface area contributed by atoms with E-state index in [9.17, 15) is 9.18 Å². The van der Waals surface area contributed by atoms with E-state index in [4.69, 9.17) is 0 Å². The summed E-state index contributed by atoms with van der Waals surface area (Å²) in [6.45, 7) is 1.67. The average Bonchev–Trinajstić information content (AvgIpc) is 3.10. The molecule has 26 heavy (non-hydrogen) atoms. The Hall–Kier alpha value is -3.54. The van der Waals surface area contributed by atoms with Crippen molar-refractivity contribution in [2.45, 2.75) is 6.92 Å². The Bertz CT molecular complexity index is 1110. The van der Waals surface area contributed by atoms with Gasteiger partial charge in [-0.2, -0.15) is 5.10 Å². The fraction of sp³-hybridized carbons (Fsp3) is 0.0500. The molecule has 0 aliphatic carbocycles.